The largest absolute Gasteiger partial charge is 0.378 e. The molecule has 0 radical (unpaired) electrons. The number of hydrogen-bond donors (Lipinski definition) is 1. The van der Waals surface area contributed by atoms with Gasteiger partial charge in [-0.25, -0.2) is 0 Å². The van der Waals surface area contributed by atoms with Crippen molar-refractivity contribution >= 4 is 11.8 Å². The van der Waals surface area contributed by atoms with Gasteiger partial charge in [-0.2, -0.15) is 11.8 Å². The SMILES string of the molecule is CCSC1CCC(NC2COC2)C1. The lowest BCUT2D eigenvalue weighted by Gasteiger charge is -2.30. The second kappa shape index (κ2) is 4.67. The minimum Gasteiger partial charge on any atom is -0.378 e. The normalized spacial score (nSPS) is 34.8. The molecule has 0 bridgehead atoms. The fourth-order valence-electron chi connectivity index (χ4n) is 2.14. The summed E-state index contributed by atoms with van der Waals surface area (Å²) in [6.45, 7) is 4.12. The second-order valence-corrected chi connectivity index (χ2v) is 5.57. The van der Waals surface area contributed by atoms with Gasteiger partial charge in [0, 0.05) is 11.3 Å². The van der Waals surface area contributed by atoms with Crippen LogP contribution in [0.2, 0.25) is 0 Å². The van der Waals surface area contributed by atoms with Crippen LogP contribution in [0.5, 0.6) is 0 Å². The van der Waals surface area contributed by atoms with Gasteiger partial charge in [0.2, 0.25) is 0 Å². The van der Waals surface area contributed by atoms with E-state index in [1.165, 1.54) is 25.0 Å². The van der Waals surface area contributed by atoms with E-state index in [-0.39, 0.29) is 0 Å². The van der Waals surface area contributed by atoms with Gasteiger partial charge < -0.3 is 10.1 Å². The van der Waals surface area contributed by atoms with Gasteiger partial charge in [-0.1, -0.05) is 6.92 Å². The summed E-state index contributed by atoms with van der Waals surface area (Å²) in [4.78, 5) is 0. The van der Waals surface area contributed by atoms with Crippen LogP contribution in [-0.4, -0.2) is 36.3 Å². The highest BCUT2D eigenvalue weighted by atomic mass is 32.2. The van der Waals surface area contributed by atoms with Gasteiger partial charge in [0.25, 0.3) is 0 Å². The third kappa shape index (κ3) is 2.61. The van der Waals surface area contributed by atoms with Crippen molar-refractivity contribution in [3.63, 3.8) is 0 Å². The van der Waals surface area contributed by atoms with Crippen molar-refractivity contribution in [1.82, 2.24) is 5.32 Å². The molecule has 2 atom stereocenters. The predicted octanol–water partition coefficient (Wildman–Crippen LogP) is 1.65. The molecule has 1 saturated carbocycles. The summed E-state index contributed by atoms with van der Waals surface area (Å²) in [6, 6.07) is 1.44. The second-order valence-electron chi connectivity index (χ2n) is 3.99. The van der Waals surface area contributed by atoms with Gasteiger partial charge in [-0.15, -0.1) is 0 Å². The average Bonchev–Trinajstić information content (AvgIpc) is 2.46. The fraction of sp³-hybridized carbons (Fsp3) is 1.00. The first-order valence-electron chi connectivity index (χ1n) is 5.34. The lowest BCUT2D eigenvalue weighted by Crippen LogP contribution is -2.49. The summed E-state index contributed by atoms with van der Waals surface area (Å²) in [5.74, 6) is 1.27. The highest BCUT2D eigenvalue weighted by Crippen LogP contribution is 2.30. The molecule has 76 valence electrons. The summed E-state index contributed by atoms with van der Waals surface area (Å²) in [7, 11) is 0. The number of ether oxygens (including phenoxy) is 1. The van der Waals surface area contributed by atoms with Crippen molar-refractivity contribution in [2.45, 2.75) is 43.5 Å². The monoisotopic (exact) mass is 201 g/mol. The highest BCUT2D eigenvalue weighted by molar-refractivity contribution is 7.99. The first-order valence-corrected chi connectivity index (χ1v) is 6.38. The Labute approximate surface area is 84.8 Å². The number of nitrogens with one attached hydrogen (secondary N) is 1. The lowest BCUT2D eigenvalue weighted by atomic mass is 10.2. The van der Waals surface area contributed by atoms with E-state index in [2.05, 4.69) is 24.0 Å². The third-order valence-electron chi connectivity index (χ3n) is 2.90. The van der Waals surface area contributed by atoms with Gasteiger partial charge in [0.1, 0.15) is 0 Å². The van der Waals surface area contributed by atoms with E-state index < -0.39 is 0 Å². The highest BCUT2D eigenvalue weighted by Gasteiger charge is 2.28. The van der Waals surface area contributed by atoms with E-state index in [1.807, 2.05) is 0 Å². The molecule has 1 heterocycles. The first kappa shape index (κ1) is 9.81. The van der Waals surface area contributed by atoms with Crippen LogP contribution in [0.4, 0.5) is 0 Å². The Morgan fingerprint density at radius 1 is 1.31 bits per heavy atom. The van der Waals surface area contributed by atoms with Crippen LogP contribution in [0, 0.1) is 0 Å². The third-order valence-corrected chi connectivity index (χ3v) is 4.13. The summed E-state index contributed by atoms with van der Waals surface area (Å²) in [5.41, 5.74) is 0. The number of thioether (sulfide) groups is 1. The Balaban J connectivity index is 1.65. The van der Waals surface area contributed by atoms with Gasteiger partial charge >= 0.3 is 0 Å². The standard InChI is InChI=1S/C10H19NOS/c1-2-13-10-4-3-8(5-10)11-9-6-12-7-9/h8-11H,2-7H2,1H3. The van der Waals surface area contributed by atoms with E-state index in [1.54, 1.807) is 0 Å². The molecule has 2 unspecified atom stereocenters. The van der Waals surface area contributed by atoms with E-state index in [0.29, 0.717) is 6.04 Å². The molecule has 2 aliphatic rings. The van der Waals surface area contributed by atoms with Crippen LogP contribution >= 0.6 is 11.8 Å². The maximum absolute atomic E-state index is 5.15. The number of rotatable bonds is 4. The van der Waals surface area contributed by atoms with Crippen molar-refractivity contribution in [3.8, 4) is 0 Å². The summed E-state index contributed by atoms with van der Waals surface area (Å²) >= 11 is 2.12. The minimum absolute atomic E-state index is 0.662. The summed E-state index contributed by atoms with van der Waals surface area (Å²) in [6.07, 6.45) is 4.15. The van der Waals surface area contributed by atoms with Crippen LogP contribution in [-0.2, 0) is 4.74 Å². The van der Waals surface area contributed by atoms with Crippen LogP contribution in [0.25, 0.3) is 0 Å². The predicted molar refractivity (Wildman–Crippen MR) is 57.3 cm³/mol. The van der Waals surface area contributed by atoms with Gasteiger partial charge in [0.15, 0.2) is 0 Å². The molecule has 2 fully saturated rings. The fourth-order valence-corrected chi connectivity index (χ4v) is 3.29. The zero-order valence-electron chi connectivity index (χ0n) is 8.29. The molecule has 0 aromatic heterocycles. The Bertz CT molecular complexity index is 161. The van der Waals surface area contributed by atoms with E-state index in [4.69, 9.17) is 4.74 Å². The molecule has 1 aliphatic carbocycles. The molecule has 0 aromatic rings. The molecule has 3 heteroatoms. The molecule has 2 nitrogen and oxygen atoms in total. The minimum atomic E-state index is 0.662. The van der Waals surface area contributed by atoms with Crippen molar-refractivity contribution in [2.75, 3.05) is 19.0 Å². The molecule has 0 spiro atoms. The van der Waals surface area contributed by atoms with E-state index >= 15 is 0 Å². The Hall–Kier alpha value is 0.270. The molecule has 1 saturated heterocycles. The van der Waals surface area contributed by atoms with Crippen LogP contribution in [0.3, 0.4) is 0 Å². The lowest BCUT2D eigenvalue weighted by molar-refractivity contribution is -0.00961. The Morgan fingerprint density at radius 2 is 2.15 bits per heavy atom. The van der Waals surface area contributed by atoms with Crippen molar-refractivity contribution in [3.05, 3.63) is 0 Å². The van der Waals surface area contributed by atoms with Crippen molar-refractivity contribution in [1.29, 1.82) is 0 Å². The molecule has 0 aromatic carbocycles. The Kier molecular flexibility index (Phi) is 3.52. The maximum Gasteiger partial charge on any atom is 0.0643 e. The molecule has 2 rings (SSSR count). The molecule has 1 aliphatic heterocycles. The van der Waals surface area contributed by atoms with Gasteiger partial charge in [-0.05, 0) is 25.0 Å². The summed E-state index contributed by atoms with van der Waals surface area (Å²) in [5, 5.41) is 4.59. The molecular weight excluding hydrogens is 182 g/mol. The molecular formula is C10H19NOS. The zero-order chi connectivity index (χ0) is 9.10. The maximum atomic E-state index is 5.15. The smallest absolute Gasteiger partial charge is 0.0643 e. The van der Waals surface area contributed by atoms with Crippen LogP contribution < -0.4 is 5.32 Å². The number of hydrogen-bond acceptors (Lipinski definition) is 3. The molecule has 13 heavy (non-hydrogen) atoms. The molecule has 1 N–H and O–H groups in total. The molecule has 0 amide bonds. The van der Waals surface area contributed by atoms with Crippen LogP contribution in [0.1, 0.15) is 26.2 Å². The van der Waals surface area contributed by atoms with Crippen molar-refractivity contribution < 1.29 is 4.74 Å². The first-order chi connectivity index (χ1) is 6.38. The van der Waals surface area contributed by atoms with E-state index in [0.717, 1.165) is 24.5 Å². The topological polar surface area (TPSA) is 21.3 Å². The van der Waals surface area contributed by atoms with Crippen molar-refractivity contribution in [2.24, 2.45) is 0 Å². The summed E-state index contributed by atoms with van der Waals surface area (Å²) < 4.78 is 5.15. The average molecular weight is 201 g/mol. The zero-order valence-corrected chi connectivity index (χ0v) is 9.11. The van der Waals surface area contributed by atoms with Crippen LogP contribution in [0.15, 0.2) is 0 Å². The van der Waals surface area contributed by atoms with E-state index in [9.17, 15) is 0 Å². The van der Waals surface area contributed by atoms with Gasteiger partial charge in [0.05, 0.1) is 19.3 Å². The van der Waals surface area contributed by atoms with Gasteiger partial charge in [-0.3, -0.25) is 0 Å². The Morgan fingerprint density at radius 3 is 2.77 bits per heavy atom. The quantitative estimate of drug-likeness (QED) is 0.747.